The molecule has 0 atom stereocenters. The lowest BCUT2D eigenvalue weighted by Crippen LogP contribution is -2.04. The van der Waals surface area contributed by atoms with Crippen molar-refractivity contribution in [3.8, 4) is 5.75 Å². The van der Waals surface area contributed by atoms with Crippen LogP contribution in [-0.4, -0.2) is 29.1 Å². The van der Waals surface area contributed by atoms with Crippen LogP contribution in [0.2, 0.25) is 0 Å². The van der Waals surface area contributed by atoms with Gasteiger partial charge in [-0.2, -0.15) is 0 Å². The highest BCUT2D eigenvalue weighted by Gasteiger charge is 2.25. The van der Waals surface area contributed by atoms with E-state index in [4.69, 9.17) is 9.84 Å². The van der Waals surface area contributed by atoms with Gasteiger partial charge in [-0.15, -0.1) is 0 Å². The Labute approximate surface area is 139 Å². The monoisotopic (exact) mass is 326 g/mol. The average molecular weight is 326 g/mol. The van der Waals surface area contributed by atoms with Crippen molar-refractivity contribution < 1.29 is 19.4 Å². The molecule has 0 saturated heterocycles. The van der Waals surface area contributed by atoms with Crippen LogP contribution < -0.4 is 10.1 Å². The Bertz CT molecular complexity index is 849. The molecule has 0 bridgehead atoms. The molecule has 0 radical (unpaired) electrons. The first-order chi connectivity index (χ1) is 11.5. The van der Waals surface area contributed by atoms with Crippen molar-refractivity contribution >= 4 is 29.2 Å². The number of ether oxygens (including phenoxy) is 1. The van der Waals surface area contributed by atoms with Gasteiger partial charge < -0.3 is 20.1 Å². The number of aliphatic carboxylic acids is 1. The van der Waals surface area contributed by atoms with Crippen LogP contribution in [0.15, 0.2) is 24.4 Å². The smallest absolute Gasteiger partial charge is 0.303 e. The highest BCUT2D eigenvalue weighted by Crippen LogP contribution is 2.36. The van der Waals surface area contributed by atoms with Crippen LogP contribution in [0.25, 0.3) is 11.6 Å². The maximum absolute atomic E-state index is 12.3. The number of nitrogens with one attached hydrogen (secondary N) is 2. The van der Waals surface area contributed by atoms with Crippen molar-refractivity contribution in [2.75, 3.05) is 12.4 Å². The van der Waals surface area contributed by atoms with Crippen molar-refractivity contribution in [2.45, 2.75) is 19.8 Å². The van der Waals surface area contributed by atoms with Gasteiger partial charge in [0, 0.05) is 29.9 Å². The molecule has 124 valence electrons. The van der Waals surface area contributed by atoms with Crippen molar-refractivity contribution in [1.82, 2.24) is 4.98 Å². The summed E-state index contributed by atoms with van der Waals surface area (Å²) in [6.07, 6.45) is 4.07. The van der Waals surface area contributed by atoms with Gasteiger partial charge in [-0.1, -0.05) is 0 Å². The number of aromatic nitrogens is 1. The minimum absolute atomic E-state index is 0.0504. The third kappa shape index (κ3) is 2.90. The third-order valence-corrected chi connectivity index (χ3v) is 4.13. The minimum atomic E-state index is -0.842. The molecule has 1 aromatic carbocycles. The molecular weight excluding hydrogens is 308 g/mol. The van der Waals surface area contributed by atoms with E-state index in [-0.39, 0.29) is 12.3 Å². The second-order valence-corrected chi connectivity index (χ2v) is 5.68. The number of carboxylic acids is 1. The Morgan fingerprint density at radius 1 is 1.38 bits per heavy atom. The maximum atomic E-state index is 12.3. The fourth-order valence-corrected chi connectivity index (χ4v) is 2.85. The van der Waals surface area contributed by atoms with Gasteiger partial charge in [-0.25, -0.2) is 0 Å². The lowest BCUT2D eigenvalue weighted by atomic mass is 10.0. The van der Waals surface area contributed by atoms with Crippen molar-refractivity contribution in [1.29, 1.82) is 0 Å². The number of fused-ring (bicyclic) bond motifs is 1. The molecule has 0 unspecified atom stereocenters. The molecule has 6 heteroatoms. The molecule has 1 aliphatic rings. The molecule has 0 spiro atoms. The van der Waals surface area contributed by atoms with Gasteiger partial charge in [-0.05, 0) is 42.7 Å². The zero-order valence-electron chi connectivity index (χ0n) is 13.5. The molecule has 24 heavy (non-hydrogen) atoms. The number of carbonyl (C=O) groups excluding carboxylic acids is 1. The van der Waals surface area contributed by atoms with E-state index in [1.165, 1.54) is 0 Å². The average Bonchev–Trinajstić information content (AvgIpc) is 3.05. The topological polar surface area (TPSA) is 91.4 Å². The zero-order chi connectivity index (χ0) is 17.3. The molecule has 0 fully saturated rings. The molecule has 1 aliphatic heterocycles. The summed E-state index contributed by atoms with van der Waals surface area (Å²) in [5.41, 5.74) is 4.72. The number of rotatable bonds is 5. The molecule has 6 nitrogen and oxygen atoms in total. The number of H-pyrrole nitrogens is 1. The van der Waals surface area contributed by atoms with Crippen LogP contribution >= 0.6 is 0 Å². The molecule has 2 heterocycles. The quantitative estimate of drug-likeness (QED) is 0.737. The van der Waals surface area contributed by atoms with Gasteiger partial charge >= 0.3 is 5.97 Å². The number of carbonyl (C=O) groups is 2. The largest absolute Gasteiger partial charge is 0.497 e. The van der Waals surface area contributed by atoms with Gasteiger partial charge in [0.2, 0.25) is 0 Å². The number of amides is 1. The first-order valence-electron chi connectivity index (χ1n) is 7.59. The van der Waals surface area contributed by atoms with Gasteiger partial charge in [0.15, 0.2) is 0 Å². The van der Waals surface area contributed by atoms with Crippen molar-refractivity contribution in [2.24, 2.45) is 0 Å². The fraction of sp³-hybridized carbons (Fsp3) is 0.222. The van der Waals surface area contributed by atoms with E-state index in [2.05, 4.69) is 10.3 Å². The highest BCUT2D eigenvalue weighted by molar-refractivity contribution is 6.35. The standard InChI is InChI=1S/C18H18N2O4/c1-10-9-19-15(12(10)5-6-17(21)22)8-14-13-4-3-11(24-2)7-16(13)20-18(14)23/h3-4,7-9,19H,5-6H2,1-2H3,(H,20,23)(H,21,22)/b14-8-. The van der Waals surface area contributed by atoms with Gasteiger partial charge in [0.1, 0.15) is 5.75 Å². The zero-order valence-corrected chi connectivity index (χ0v) is 13.5. The van der Waals surface area contributed by atoms with Crippen LogP contribution in [0.5, 0.6) is 5.75 Å². The molecule has 1 amide bonds. The Morgan fingerprint density at radius 2 is 2.17 bits per heavy atom. The van der Waals surface area contributed by atoms with E-state index in [1.54, 1.807) is 25.3 Å². The van der Waals surface area contributed by atoms with E-state index in [0.717, 1.165) is 22.4 Å². The Hall–Kier alpha value is -3.02. The molecule has 0 aliphatic carbocycles. The predicted molar refractivity (Wildman–Crippen MR) is 91.0 cm³/mol. The molecule has 2 aromatic rings. The second kappa shape index (κ2) is 6.23. The number of benzene rings is 1. The summed E-state index contributed by atoms with van der Waals surface area (Å²) in [5, 5.41) is 11.7. The summed E-state index contributed by atoms with van der Waals surface area (Å²) in [5.74, 6) is -0.354. The molecular formula is C18H18N2O4. The van der Waals surface area contributed by atoms with Gasteiger partial charge in [0.05, 0.1) is 18.4 Å². The van der Waals surface area contributed by atoms with E-state index in [1.807, 2.05) is 19.2 Å². The Morgan fingerprint density at radius 3 is 2.88 bits per heavy atom. The summed E-state index contributed by atoms with van der Waals surface area (Å²) in [4.78, 5) is 26.3. The Balaban J connectivity index is 1.98. The van der Waals surface area contributed by atoms with Gasteiger partial charge in [-0.3, -0.25) is 9.59 Å². The van der Waals surface area contributed by atoms with E-state index >= 15 is 0 Å². The number of carboxylic acid groups (broad SMARTS) is 1. The van der Waals surface area contributed by atoms with Crippen LogP contribution in [0, 0.1) is 6.92 Å². The van der Waals surface area contributed by atoms with Gasteiger partial charge in [0.25, 0.3) is 5.91 Å². The summed E-state index contributed by atoms with van der Waals surface area (Å²) in [6.45, 7) is 1.92. The van der Waals surface area contributed by atoms with Crippen LogP contribution in [0.4, 0.5) is 5.69 Å². The number of hydrogen-bond acceptors (Lipinski definition) is 3. The fourth-order valence-electron chi connectivity index (χ4n) is 2.85. The van der Waals surface area contributed by atoms with Crippen LogP contribution in [-0.2, 0) is 16.0 Å². The van der Waals surface area contributed by atoms with Crippen LogP contribution in [0.1, 0.15) is 28.8 Å². The van der Waals surface area contributed by atoms with E-state index in [9.17, 15) is 9.59 Å². The maximum Gasteiger partial charge on any atom is 0.303 e. The lowest BCUT2D eigenvalue weighted by molar-refractivity contribution is -0.137. The van der Waals surface area contributed by atoms with E-state index in [0.29, 0.717) is 23.4 Å². The van der Waals surface area contributed by atoms with E-state index < -0.39 is 5.97 Å². The number of aromatic amines is 1. The van der Waals surface area contributed by atoms with Crippen molar-refractivity contribution in [3.63, 3.8) is 0 Å². The summed E-state index contributed by atoms with van der Waals surface area (Å²) < 4.78 is 5.17. The predicted octanol–water partition coefficient (Wildman–Crippen LogP) is 2.84. The van der Waals surface area contributed by atoms with Crippen molar-refractivity contribution in [3.05, 3.63) is 46.8 Å². The summed E-state index contributed by atoms with van der Waals surface area (Å²) in [6, 6.07) is 5.42. The highest BCUT2D eigenvalue weighted by atomic mass is 16.5. The first kappa shape index (κ1) is 15.9. The lowest BCUT2D eigenvalue weighted by Gasteiger charge is -2.03. The SMILES string of the molecule is COc1ccc2c(c1)NC(=O)/C2=C\c1[nH]cc(C)c1CCC(=O)O. The minimum Gasteiger partial charge on any atom is -0.497 e. The number of anilines is 1. The number of hydrogen-bond donors (Lipinski definition) is 3. The number of aryl methyl sites for hydroxylation is 1. The first-order valence-corrected chi connectivity index (χ1v) is 7.59. The summed E-state index contributed by atoms with van der Waals surface area (Å²) in [7, 11) is 1.58. The third-order valence-electron chi connectivity index (χ3n) is 4.13. The Kier molecular flexibility index (Phi) is 4.12. The number of methoxy groups -OCH3 is 1. The molecule has 3 N–H and O–H groups in total. The second-order valence-electron chi connectivity index (χ2n) is 5.68. The molecule has 1 aromatic heterocycles. The molecule has 3 rings (SSSR count). The van der Waals surface area contributed by atoms with Crippen LogP contribution in [0.3, 0.4) is 0 Å². The summed E-state index contributed by atoms with van der Waals surface area (Å²) >= 11 is 0. The molecule has 0 saturated carbocycles. The normalized spacial score (nSPS) is 14.6.